The number of sulfone groups is 1. The summed E-state index contributed by atoms with van der Waals surface area (Å²) in [6, 6.07) is 8.26. The number of likely N-dealkylation sites (tertiary alicyclic amines) is 1. The summed E-state index contributed by atoms with van der Waals surface area (Å²) in [5.41, 5.74) is 0.914. The van der Waals surface area contributed by atoms with Gasteiger partial charge in [-0.2, -0.15) is 0 Å². The molecule has 2 aliphatic heterocycles. The third kappa shape index (κ3) is 7.04. The molecule has 28 heavy (non-hydrogen) atoms. The van der Waals surface area contributed by atoms with Gasteiger partial charge in [0, 0.05) is 19.3 Å². The number of halogens is 2. The van der Waals surface area contributed by atoms with Crippen molar-refractivity contribution in [2.24, 2.45) is 0 Å². The van der Waals surface area contributed by atoms with E-state index in [4.69, 9.17) is 4.74 Å². The summed E-state index contributed by atoms with van der Waals surface area (Å²) in [5.74, 6) is 1.48. The first-order valence-electron chi connectivity index (χ1n) is 9.67. The van der Waals surface area contributed by atoms with Crippen molar-refractivity contribution in [1.29, 1.82) is 0 Å². The molecule has 6 nitrogen and oxygen atoms in total. The molecule has 2 aliphatic rings. The minimum atomic E-state index is -2.78. The van der Waals surface area contributed by atoms with Gasteiger partial charge in [0.25, 0.3) is 0 Å². The van der Waals surface area contributed by atoms with E-state index in [1.165, 1.54) is 4.90 Å². The molecule has 0 bridgehead atoms. The van der Waals surface area contributed by atoms with Gasteiger partial charge in [-0.25, -0.2) is 8.42 Å². The minimum Gasteiger partial charge on any atom is -1.00 e. The van der Waals surface area contributed by atoms with Crippen molar-refractivity contribution in [3.05, 3.63) is 29.8 Å². The van der Waals surface area contributed by atoms with Crippen LogP contribution < -0.4 is 39.4 Å². The first-order valence-corrected chi connectivity index (χ1v) is 11.5. The molecule has 2 heterocycles. The fourth-order valence-electron chi connectivity index (χ4n) is 4.25. The average Bonchev–Trinajstić information content (AvgIpc) is 2.66. The maximum Gasteiger partial charge on any atom is 0.161 e. The molecule has 1 aromatic carbocycles. The topological polar surface area (TPSA) is 72.5 Å². The van der Waals surface area contributed by atoms with E-state index in [0.717, 1.165) is 63.3 Å². The van der Waals surface area contributed by atoms with Gasteiger partial charge in [-0.05, 0) is 17.7 Å². The molecule has 2 fully saturated rings. The van der Waals surface area contributed by atoms with Crippen LogP contribution in [0.2, 0.25) is 0 Å². The van der Waals surface area contributed by atoms with E-state index in [1.54, 1.807) is 12.0 Å². The molecule has 3 rings (SSSR count). The number of rotatable bonds is 6. The lowest BCUT2D eigenvalue weighted by molar-refractivity contribution is -0.956. The second-order valence-corrected chi connectivity index (χ2v) is 9.97. The van der Waals surface area contributed by atoms with Gasteiger partial charge in [-0.3, -0.25) is 0 Å². The smallest absolute Gasteiger partial charge is 0.161 e. The normalized spacial score (nSPS) is 25.8. The number of aliphatic hydroxyl groups is 1. The predicted octanol–water partition coefficient (Wildman–Crippen LogP) is -7.51. The molecular weight excluding hydrogens is 423 g/mol. The lowest BCUT2D eigenvalue weighted by Crippen LogP contribution is -3.21. The largest absolute Gasteiger partial charge is 1.00 e. The predicted molar refractivity (Wildman–Crippen MR) is 101 cm³/mol. The molecule has 0 aliphatic carbocycles. The molecule has 0 aromatic heterocycles. The SMILES string of the molecule is COc1cccc(C(O)CC[NH+]2CCC([NH+]3CCS(=O)(=O)CC3)CC2)c1.[Cl-].[Cl-]. The molecule has 0 spiro atoms. The van der Waals surface area contributed by atoms with Crippen LogP contribution in [0.15, 0.2) is 24.3 Å². The van der Waals surface area contributed by atoms with Gasteiger partial charge in [0.05, 0.1) is 63.5 Å². The monoisotopic (exact) mass is 454 g/mol. The molecule has 0 saturated carbocycles. The third-order valence-corrected chi connectivity index (χ3v) is 7.64. The summed E-state index contributed by atoms with van der Waals surface area (Å²) >= 11 is 0. The Labute approximate surface area is 181 Å². The van der Waals surface area contributed by atoms with E-state index in [-0.39, 0.29) is 24.8 Å². The van der Waals surface area contributed by atoms with E-state index in [0.29, 0.717) is 17.5 Å². The van der Waals surface area contributed by atoms with Crippen LogP contribution in [0.3, 0.4) is 0 Å². The van der Waals surface area contributed by atoms with Gasteiger partial charge >= 0.3 is 0 Å². The van der Waals surface area contributed by atoms with E-state index in [9.17, 15) is 13.5 Å². The number of nitrogens with one attached hydrogen (secondary N) is 2. The molecule has 0 amide bonds. The van der Waals surface area contributed by atoms with Gasteiger partial charge in [-0.1, -0.05) is 12.1 Å². The fraction of sp³-hybridized carbons (Fsp3) is 0.684. The van der Waals surface area contributed by atoms with Crippen LogP contribution in [0, 0.1) is 0 Å². The number of piperidine rings is 1. The highest BCUT2D eigenvalue weighted by Crippen LogP contribution is 2.20. The number of ether oxygens (including phenoxy) is 1. The molecule has 3 N–H and O–H groups in total. The minimum absolute atomic E-state index is 0. The van der Waals surface area contributed by atoms with Crippen LogP contribution in [-0.2, 0) is 9.84 Å². The molecule has 0 radical (unpaired) electrons. The Morgan fingerprint density at radius 3 is 2.39 bits per heavy atom. The molecule has 1 atom stereocenters. The zero-order chi connectivity index (χ0) is 18.6. The van der Waals surface area contributed by atoms with E-state index in [1.807, 2.05) is 24.3 Å². The molecule has 9 heteroatoms. The number of hydrogen-bond acceptors (Lipinski definition) is 4. The van der Waals surface area contributed by atoms with Crippen molar-refractivity contribution in [3.8, 4) is 5.75 Å². The van der Waals surface area contributed by atoms with Crippen molar-refractivity contribution in [2.45, 2.75) is 31.4 Å². The summed E-state index contributed by atoms with van der Waals surface area (Å²) in [5, 5.41) is 10.4. The quantitative estimate of drug-likeness (QED) is 0.399. The summed E-state index contributed by atoms with van der Waals surface area (Å²) in [6.45, 7) is 4.75. The number of methoxy groups -OCH3 is 1. The third-order valence-electron chi connectivity index (χ3n) is 5.99. The number of hydrogen-bond donors (Lipinski definition) is 3. The number of benzene rings is 1. The lowest BCUT2D eigenvalue weighted by Gasteiger charge is -2.36. The van der Waals surface area contributed by atoms with Crippen LogP contribution in [0.25, 0.3) is 0 Å². The zero-order valence-electron chi connectivity index (χ0n) is 16.4. The molecule has 2 saturated heterocycles. The Hall–Kier alpha value is -0.570. The highest BCUT2D eigenvalue weighted by molar-refractivity contribution is 7.91. The Kier molecular flexibility index (Phi) is 10.5. The second kappa shape index (κ2) is 11.6. The summed E-state index contributed by atoms with van der Waals surface area (Å²) in [4.78, 5) is 3.03. The highest BCUT2D eigenvalue weighted by atomic mass is 35.5. The molecule has 162 valence electrons. The lowest BCUT2D eigenvalue weighted by atomic mass is 10.0. The van der Waals surface area contributed by atoms with Gasteiger partial charge < -0.3 is 44.5 Å². The summed E-state index contributed by atoms with van der Waals surface area (Å²) < 4.78 is 28.4. The van der Waals surface area contributed by atoms with Gasteiger partial charge in [0.15, 0.2) is 9.84 Å². The molecule has 1 unspecified atom stereocenters. The zero-order valence-corrected chi connectivity index (χ0v) is 18.7. The van der Waals surface area contributed by atoms with Crippen LogP contribution in [-0.4, -0.2) is 70.9 Å². The van der Waals surface area contributed by atoms with Gasteiger partial charge in [-0.15, -0.1) is 0 Å². The number of aliphatic hydroxyl groups excluding tert-OH is 1. The second-order valence-electron chi connectivity index (χ2n) is 7.67. The summed E-state index contributed by atoms with van der Waals surface area (Å²) in [6.07, 6.45) is 2.61. The van der Waals surface area contributed by atoms with E-state index in [2.05, 4.69) is 0 Å². The van der Waals surface area contributed by atoms with Crippen LogP contribution in [0.4, 0.5) is 0 Å². The standard InChI is InChI=1S/C19H30N2O4S.2ClH/c1-25-18-4-2-3-16(15-18)19(22)7-10-20-8-5-17(6-9-20)21-11-13-26(23,24)14-12-21;;/h2-4,15,17,19,22H,5-14H2,1H3;2*1H. The number of quaternary nitrogens is 2. The van der Waals surface area contributed by atoms with E-state index < -0.39 is 15.9 Å². The van der Waals surface area contributed by atoms with Crippen LogP contribution >= 0.6 is 0 Å². The maximum absolute atomic E-state index is 11.6. The van der Waals surface area contributed by atoms with Crippen molar-refractivity contribution in [2.75, 3.05) is 51.3 Å². The summed E-state index contributed by atoms with van der Waals surface area (Å²) in [7, 11) is -1.14. The van der Waals surface area contributed by atoms with Crippen molar-refractivity contribution < 1.29 is 52.9 Å². The Bertz CT molecular complexity index is 683. The van der Waals surface area contributed by atoms with Gasteiger partial charge in [0.2, 0.25) is 0 Å². The Balaban J connectivity index is 0.00000196. The average molecular weight is 455 g/mol. The van der Waals surface area contributed by atoms with Crippen LogP contribution in [0.1, 0.15) is 30.9 Å². The first kappa shape index (κ1) is 25.5. The van der Waals surface area contributed by atoms with Crippen LogP contribution in [0.5, 0.6) is 5.75 Å². The van der Waals surface area contributed by atoms with Gasteiger partial charge in [0.1, 0.15) is 5.75 Å². The van der Waals surface area contributed by atoms with Crippen molar-refractivity contribution in [1.82, 2.24) is 0 Å². The molecular formula is C19H32Cl2N2O4S. The van der Waals surface area contributed by atoms with Crippen molar-refractivity contribution >= 4 is 9.84 Å². The first-order chi connectivity index (χ1) is 12.5. The maximum atomic E-state index is 11.6. The highest BCUT2D eigenvalue weighted by Gasteiger charge is 2.34. The fourth-order valence-corrected chi connectivity index (χ4v) is 5.60. The van der Waals surface area contributed by atoms with Crippen molar-refractivity contribution in [3.63, 3.8) is 0 Å². The Morgan fingerprint density at radius 2 is 1.79 bits per heavy atom. The van der Waals surface area contributed by atoms with E-state index >= 15 is 0 Å². The molecule has 1 aromatic rings. The Morgan fingerprint density at radius 1 is 1.14 bits per heavy atom.